The summed E-state index contributed by atoms with van der Waals surface area (Å²) < 4.78 is 11.1. The van der Waals surface area contributed by atoms with Gasteiger partial charge >= 0.3 is 0 Å². The van der Waals surface area contributed by atoms with Crippen LogP contribution in [0.25, 0.3) is 0 Å². The minimum absolute atomic E-state index is 0.120. The zero-order chi connectivity index (χ0) is 15.5. The molecule has 3 rings (SSSR count). The van der Waals surface area contributed by atoms with E-state index in [0.29, 0.717) is 0 Å². The Hall–Kier alpha value is -1.59. The largest absolute Gasteiger partial charge is 0.495 e. The van der Waals surface area contributed by atoms with Gasteiger partial charge in [-0.3, -0.25) is 4.79 Å². The van der Waals surface area contributed by atoms with E-state index in [-0.39, 0.29) is 24.1 Å². The zero-order valence-corrected chi connectivity index (χ0v) is 13.2. The lowest BCUT2D eigenvalue weighted by Gasteiger charge is -2.24. The van der Waals surface area contributed by atoms with Crippen LogP contribution in [-0.2, 0) is 9.53 Å². The number of ether oxygens (including phenoxy) is 2. The van der Waals surface area contributed by atoms with Gasteiger partial charge in [0, 0.05) is 19.2 Å². The van der Waals surface area contributed by atoms with Gasteiger partial charge in [-0.25, -0.2) is 0 Å². The fourth-order valence-electron chi connectivity index (χ4n) is 3.35. The van der Waals surface area contributed by atoms with Gasteiger partial charge in [0.2, 0.25) is 5.91 Å². The van der Waals surface area contributed by atoms with E-state index in [4.69, 9.17) is 9.47 Å². The van der Waals surface area contributed by atoms with Crippen LogP contribution in [0.4, 0.5) is 5.69 Å². The van der Waals surface area contributed by atoms with E-state index in [1.165, 1.54) is 0 Å². The van der Waals surface area contributed by atoms with E-state index in [0.717, 1.165) is 43.9 Å². The van der Waals surface area contributed by atoms with Crippen molar-refractivity contribution >= 4 is 11.6 Å². The lowest BCUT2D eigenvalue weighted by Crippen LogP contribution is -2.47. The third-order valence-corrected chi connectivity index (χ3v) is 4.57. The third-order valence-electron chi connectivity index (χ3n) is 4.57. The molecular weight excluding hydrogens is 280 g/mol. The Bertz CT molecular complexity index is 528. The Labute approximate surface area is 131 Å². The topological polar surface area (TPSA) is 50.8 Å². The Morgan fingerprint density at radius 2 is 2.18 bits per heavy atom. The van der Waals surface area contributed by atoms with Crippen LogP contribution >= 0.6 is 0 Å². The zero-order valence-electron chi connectivity index (χ0n) is 13.2. The molecule has 2 aliphatic heterocycles. The van der Waals surface area contributed by atoms with Gasteiger partial charge in [-0.2, -0.15) is 0 Å². The Kier molecular flexibility index (Phi) is 4.64. The van der Waals surface area contributed by atoms with E-state index in [9.17, 15) is 4.79 Å². The van der Waals surface area contributed by atoms with Gasteiger partial charge in [-0.15, -0.1) is 0 Å². The summed E-state index contributed by atoms with van der Waals surface area (Å²) in [6.45, 7) is 3.66. The highest BCUT2D eigenvalue weighted by Crippen LogP contribution is 2.31. The summed E-state index contributed by atoms with van der Waals surface area (Å²) >= 11 is 0. The molecule has 0 spiro atoms. The van der Waals surface area contributed by atoms with Crippen molar-refractivity contribution in [1.29, 1.82) is 0 Å². The van der Waals surface area contributed by atoms with Crippen LogP contribution < -0.4 is 15.0 Å². The van der Waals surface area contributed by atoms with Crippen molar-refractivity contribution in [2.24, 2.45) is 0 Å². The second kappa shape index (κ2) is 6.67. The van der Waals surface area contributed by atoms with Crippen LogP contribution in [0.2, 0.25) is 0 Å². The van der Waals surface area contributed by atoms with Crippen LogP contribution in [0.3, 0.4) is 0 Å². The minimum atomic E-state index is -0.135. The molecule has 5 heteroatoms. The quantitative estimate of drug-likeness (QED) is 0.903. The number of benzene rings is 1. The maximum Gasteiger partial charge on any atom is 0.244 e. The number of hydrogen-bond donors (Lipinski definition) is 1. The van der Waals surface area contributed by atoms with Crippen LogP contribution in [0.1, 0.15) is 26.2 Å². The predicted octanol–water partition coefficient (Wildman–Crippen LogP) is 1.96. The van der Waals surface area contributed by atoms with Crippen molar-refractivity contribution < 1.29 is 14.3 Å². The van der Waals surface area contributed by atoms with Crippen LogP contribution in [0.15, 0.2) is 24.3 Å². The average molecular weight is 304 g/mol. The third kappa shape index (κ3) is 2.96. The molecule has 1 amide bonds. The Morgan fingerprint density at radius 3 is 2.91 bits per heavy atom. The monoisotopic (exact) mass is 304 g/mol. The number of para-hydroxylation sites is 2. The highest BCUT2D eigenvalue weighted by atomic mass is 16.5. The smallest absolute Gasteiger partial charge is 0.244 e. The fraction of sp³-hybridized carbons (Fsp3) is 0.588. The first-order valence-electron chi connectivity index (χ1n) is 8.02. The van der Waals surface area contributed by atoms with Crippen molar-refractivity contribution in [1.82, 2.24) is 5.32 Å². The maximum atomic E-state index is 12.7. The summed E-state index contributed by atoms with van der Waals surface area (Å²) in [6, 6.07) is 7.73. The number of anilines is 1. The first-order valence-corrected chi connectivity index (χ1v) is 8.02. The van der Waals surface area contributed by atoms with Gasteiger partial charge in [-0.05, 0) is 38.3 Å². The molecule has 2 saturated heterocycles. The molecule has 0 unspecified atom stereocenters. The van der Waals surface area contributed by atoms with Crippen LogP contribution in [-0.4, -0.2) is 44.4 Å². The number of carbonyl (C=O) groups is 1. The van der Waals surface area contributed by atoms with Crippen LogP contribution in [0.5, 0.6) is 5.75 Å². The van der Waals surface area contributed by atoms with Gasteiger partial charge in [0.15, 0.2) is 0 Å². The molecule has 1 aromatic carbocycles. The predicted molar refractivity (Wildman–Crippen MR) is 85.3 cm³/mol. The van der Waals surface area contributed by atoms with Gasteiger partial charge < -0.3 is 19.7 Å². The number of nitrogens with one attached hydrogen (secondary N) is 1. The summed E-state index contributed by atoms with van der Waals surface area (Å²) in [5.74, 6) is 0.859. The summed E-state index contributed by atoms with van der Waals surface area (Å²) in [4.78, 5) is 14.5. The fourth-order valence-corrected chi connectivity index (χ4v) is 3.35. The molecule has 2 aliphatic rings. The molecule has 1 N–H and O–H groups in total. The van der Waals surface area contributed by atoms with Crippen molar-refractivity contribution in [3.8, 4) is 5.75 Å². The van der Waals surface area contributed by atoms with Crippen molar-refractivity contribution in [3.63, 3.8) is 0 Å². The molecule has 2 fully saturated rings. The van der Waals surface area contributed by atoms with E-state index in [1.807, 2.05) is 29.2 Å². The molecule has 2 heterocycles. The minimum Gasteiger partial charge on any atom is -0.495 e. The Balaban J connectivity index is 1.66. The van der Waals surface area contributed by atoms with E-state index in [2.05, 4.69) is 12.2 Å². The molecule has 1 aromatic rings. The molecule has 0 bridgehead atoms. The van der Waals surface area contributed by atoms with Gasteiger partial charge in [0.1, 0.15) is 5.75 Å². The van der Waals surface area contributed by atoms with Crippen molar-refractivity contribution in [2.75, 3.05) is 25.2 Å². The average Bonchev–Trinajstić information content (AvgIpc) is 3.18. The van der Waals surface area contributed by atoms with Crippen LogP contribution in [0, 0.1) is 0 Å². The lowest BCUT2D eigenvalue weighted by atomic mass is 10.1. The number of rotatable bonds is 5. The second-order valence-electron chi connectivity index (χ2n) is 6.01. The standard InChI is InChI=1S/C17H24N2O3/c1-12(15-8-5-11-22-15)18-13-9-10-19(17(13)20)14-6-3-4-7-16(14)21-2/h3-4,6-7,12-13,15,18H,5,8-11H2,1-2H3/t12-,13+,15+/m1/s1. The highest BCUT2D eigenvalue weighted by molar-refractivity contribution is 6.00. The van der Waals surface area contributed by atoms with Gasteiger partial charge in [0.05, 0.1) is 24.9 Å². The van der Waals surface area contributed by atoms with Crippen molar-refractivity contribution in [3.05, 3.63) is 24.3 Å². The van der Waals surface area contributed by atoms with Gasteiger partial charge in [-0.1, -0.05) is 12.1 Å². The SMILES string of the molecule is COc1ccccc1N1CC[C@H](N[C@H](C)[C@@H]2CCCO2)C1=O. The number of nitrogens with zero attached hydrogens (tertiary/aromatic N) is 1. The van der Waals surface area contributed by atoms with E-state index in [1.54, 1.807) is 7.11 Å². The van der Waals surface area contributed by atoms with E-state index < -0.39 is 0 Å². The summed E-state index contributed by atoms with van der Waals surface area (Å²) in [7, 11) is 1.63. The highest BCUT2D eigenvalue weighted by Gasteiger charge is 2.36. The first-order chi connectivity index (χ1) is 10.7. The van der Waals surface area contributed by atoms with Crippen molar-refractivity contribution in [2.45, 2.75) is 44.4 Å². The number of methoxy groups -OCH3 is 1. The number of carbonyl (C=O) groups excluding carboxylic acids is 1. The maximum absolute atomic E-state index is 12.7. The normalized spacial score (nSPS) is 26.5. The second-order valence-corrected chi connectivity index (χ2v) is 6.01. The van der Waals surface area contributed by atoms with E-state index >= 15 is 0 Å². The summed E-state index contributed by atoms with van der Waals surface area (Å²) in [5, 5.41) is 3.45. The number of hydrogen-bond acceptors (Lipinski definition) is 4. The first kappa shape index (κ1) is 15.3. The molecule has 0 aromatic heterocycles. The lowest BCUT2D eigenvalue weighted by molar-refractivity contribution is -0.119. The summed E-state index contributed by atoms with van der Waals surface area (Å²) in [5.41, 5.74) is 0.851. The molecule has 0 saturated carbocycles. The Morgan fingerprint density at radius 1 is 1.36 bits per heavy atom. The molecular formula is C17H24N2O3. The van der Waals surface area contributed by atoms with Gasteiger partial charge in [0.25, 0.3) is 0 Å². The summed E-state index contributed by atoms with van der Waals surface area (Å²) in [6.07, 6.45) is 3.23. The molecule has 0 aliphatic carbocycles. The molecule has 3 atom stereocenters. The molecule has 22 heavy (non-hydrogen) atoms. The molecule has 120 valence electrons. The molecule has 0 radical (unpaired) electrons. The number of amides is 1. The molecule has 5 nitrogen and oxygen atoms in total.